The SMILES string of the molecule is C=C1C(=CC=C2CCC[C@]3(C)[C@@H](CC)CC[C@H]23)C[C@](O)(SCCCC(C)(C)O)C[C@@H]1O. The fraction of sp³-hybridized carbons (Fsp3) is 0.778. The van der Waals surface area contributed by atoms with Crippen molar-refractivity contribution < 1.29 is 15.3 Å². The maximum Gasteiger partial charge on any atom is 0.117 e. The number of fused-ring (bicyclic) bond motifs is 1. The maximum atomic E-state index is 11.2. The van der Waals surface area contributed by atoms with E-state index in [2.05, 4.69) is 32.6 Å². The van der Waals surface area contributed by atoms with Crippen molar-refractivity contribution in [1.29, 1.82) is 0 Å². The van der Waals surface area contributed by atoms with Crippen molar-refractivity contribution in [3.63, 3.8) is 0 Å². The van der Waals surface area contributed by atoms with Gasteiger partial charge >= 0.3 is 0 Å². The molecule has 0 aromatic rings. The lowest BCUT2D eigenvalue weighted by molar-refractivity contribution is 0.0595. The predicted molar refractivity (Wildman–Crippen MR) is 132 cm³/mol. The van der Waals surface area contributed by atoms with Gasteiger partial charge in [0.25, 0.3) is 0 Å². The van der Waals surface area contributed by atoms with Crippen molar-refractivity contribution in [2.75, 3.05) is 5.75 Å². The molecule has 0 amide bonds. The highest BCUT2D eigenvalue weighted by atomic mass is 32.2. The van der Waals surface area contributed by atoms with Gasteiger partial charge in [0.1, 0.15) is 4.93 Å². The number of hydrogen-bond donors (Lipinski definition) is 3. The van der Waals surface area contributed by atoms with Gasteiger partial charge < -0.3 is 15.3 Å². The van der Waals surface area contributed by atoms with Crippen LogP contribution in [0.1, 0.15) is 91.9 Å². The molecule has 5 atom stereocenters. The fourth-order valence-electron chi connectivity index (χ4n) is 6.39. The Morgan fingerprint density at radius 3 is 2.68 bits per heavy atom. The van der Waals surface area contributed by atoms with Crippen molar-refractivity contribution in [3.05, 3.63) is 35.5 Å². The molecule has 3 N–H and O–H groups in total. The van der Waals surface area contributed by atoms with Gasteiger partial charge in [0.15, 0.2) is 0 Å². The van der Waals surface area contributed by atoms with Crippen molar-refractivity contribution in [2.45, 2.75) is 109 Å². The Balaban J connectivity index is 1.71. The van der Waals surface area contributed by atoms with E-state index in [9.17, 15) is 15.3 Å². The number of rotatable bonds is 7. The van der Waals surface area contributed by atoms with Crippen molar-refractivity contribution in [2.24, 2.45) is 17.3 Å². The van der Waals surface area contributed by atoms with Gasteiger partial charge in [0, 0.05) is 12.8 Å². The molecule has 176 valence electrons. The van der Waals surface area contributed by atoms with E-state index in [4.69, 9.17) is 0 Å². The lowest BCUT2D eigenvalue weighted by Gasteiger charge is -2.42. The van der Waals surface area contributed by atoms with Crippen LogP contribution >= 0.6 is 11.8 Å². The molecule has 3 rings (SSSR count). The summed E-state index contributed by atoms with van der Waals surface area (Å²) >= 11 is 1.51. The van der Waals surface area contributed by atoms with Crippen LogP contribution in [0.5, 0.6) is 0 Å². The Morgan fingerprint density at radius 2 is 2.00 bits per heavy atom. The quantitative estimate of drug-likeness (QED) is 0.323. The zero-order chi connectivity index (χ0) is 22.9. The summed E-state index contributed by atoms with van der Waals surface area (Å²) in [6.45, 7) is 12.6. The monoisotopic (exact) mass is 448 g/mol. The van der Waals surface area contributed by atoms with Crippen LogP contribution in [0.15, 0.2) is 35.5 Å². The molecule has 3 nitrogen and oxygen atoms in total. The Kier molecular flexibility index (Phi) is 7.89. The Bertz CT molecular complexity index is 718. The molecule has 0 bridgehead atoms. The molecule has 0 aromatic heterocycles. The third-order valence-electron chi connectivity index (χ3n) is 8.25. The molecule has 0 radical (unpaired) electrons. The highest BCUT2D eigenvalue weighted by molar-refractivity contribution is 8.00. The van der Waals surface area contributed by atoms with Crippen LogP contribution in [0.25, 0.3) is 0 Å². The summed E-state index contributed by atoms with van der Waals surface area (Å²) in [7, 11) is 0. The number of aliphatic hydroxyl groups excluding tert-OH is 1. The molecule has 0 unspecified atom stereocenters. The van der Waals surface area contributed by atoms with Gasteiger partial charge in [0.2, 0.25) is 0 Å². The van der Waals surface area contributed by atoms with Crippen molar-refractivity contribution in [3.8, 4) is 0 Å². The summed E-state index contributed by atoms with van der Waals surface area (Å²) in [6.07, 6.45) is 13.9. The average molecular weight is 449 g/mol. The first kappa shape index (κ1) is 25.1. The summed E-state index contributed by atoms with van der Waals surface area (Å²) in [5, 5.41) is 31.7. The number of hydrogen-bond acceptors (Lipinski definition) is 4. The first-order chi connectivity index (χ1) is 14.5. The lowest BCUT2D eigenvalue weighted by atomic mass is 9.63. The number of thioether (sulfide) groups is 1. The smallest absolute Gasteiger partial charge is 0.117 e. The summed E-state index contributed by atoms with van der Waals surface area (Å²) in [6, 6.07) is 0. The third-order valence-corrected chi connectivity index (χ3v) is 9.59. The second kappa shape index (κ2) is 9.75. The average Bonchev–Trinajstić information content (AvgIpc) is 3.03. The van der Waals surface area contributed by atoms with Gasteiger partial charge in [-0.05, 0) is 92.9 Å². The van der Waals surface area contributed by atoms with Crippen LogP contribution in [0.3, 0.4) is 0 Å². The molecule has 3 aliphatic carbocycles. The zero-order valence-electron chi connectivity index (χ0n) is 20.1. The maximum absolute atomic E-state index is 11.2. The van der Waals surface area contributed by atoms with Gasteiger partial charge in [0.05, 0.1) is 11.7 Å². The van der Waals surface area contributed by atoms with Crippen molar-refractivity contribution in [1.82, 2.24) is 0 Å². The van der Waals surface area contributed by atoms with Gasteiger partial charge in [-0.1, -0.05) is 44.6 Å². The molecule has 4 heteroatoms. The standard InChI is InChI=1S/C27H44O3S/c1-6-22-12-13-23-20(9-7-15-26(22,23)5)10-11-21-17-27(30,18-24(28)19(21)2)31-16-8-14-25(3,4)29/h10-11,22-24,28-30H,2,6-9,12-18H2,1,3-5H3/t22-,23+,24-,26+,27-/m0/s1. The molecule has 0 spiro atoms. The number of aliphatic hydroxyl groups is 3. The molecule has 3 fully saturated rings. The minimum atomic E-state index is -0.966. The van der Waals surface area contributed by atoms with Crippen LogP contribution in [0.2, 0.25) is 0 Å². The second-order valence-corrected chi connectivity index (χ2v) is 12.6. The van der Waals surface area contributed by atoms with Gasteiger partial charge in [-0.25, -0.2) is 0 Å². The van der Waals surface area contributed by atoms with E-state index in [0.717, 1.165) is 29.2 Å². The zero-order valence-corrected chi connectivity index (χ0v) is 20.9. The highest BCUT2D eigenvalue weighted by Crippen LogP contribution is 2.58. The van der Waals surface area contributed by atoms with E-state index >= 15 is 0 Å². The second-order valence-electron chi connectivity index (χ2n) is 11.2. The molecule has 0 heterocycles. The van der Waals surface area contributed by atoms with Crippen LogP contribution in [0.4, 0.5) is 0 Å². The minimum absolute atomic E-state index is 0.325. The largest absolute Gasteiger partial charge is 0.390 e. The van der Waals surface area contributed by atoms with Crippen molar-refractivity contribution >= 4 is 11.8 Å². The van der Waals surface area contributed by atoms with Crippen LogP contribution in [-0.4, -0.2) is 37.7 Å². The molecule has 0 saturated heterocycles. The van der Waals surface area contributed by atoms with E-state index in [1.165, 1.54) is 50.3 Å². The molecular formula is C27H44O3S. The van der Waals surface area contributed by atoms with Crippen LogP contribution < -0.4 is 0 Å². The minimum Gasteiger partial charge on any atom is -0.390 e. The number of allylic oxidation sites excluding steroid dienone is 3. The Hall–Kier alpha value is -0.550. The fourth-order valence-corrected chi connectivity index (χ4v) is 7.59. The van der Waals surface area contributed by atoms with E-state index < -0.39 is 16.6 Å². The van der Waals surface area contributed by atoms with E-state index in [-0.39, 0.29) is 0 Å². The molecule has 0 aliphatic heterocycles. The van der Waals surface area contributed by atoms with E-state index in [1.54, 1.807) is 5.57 Å². The molecule has 0 aromatic carbocycles. The summed E-state index contributed by atoms with van der Waals surface area (Å²) in [5.74, 6) is 2.29. The highest BCUT2D eigenvalue weighted by Gasteiger charge is 2.48. The molecule has 31 heavy (non-hydrogen) atoms. The van der Waals surface area contributed by atoms with Gasteiger partial charge in [-0.3, -0.25) is 0 Å². The third kappa shape index (κ3) is 5.88. The summed E-state index contributed by atoms with van der Waals surface area (Å²) in [5.41, 5.74) is 3.08. The van der Waals surface area contributed by atoms with Crippen LogP contribution in [0, 0.1) is 17.3 Å². The first-order valence-electron chi connectivity index (χ1n) is 12.3. The first-order valence-corrected chi connectivity index (χ1v) is 13.3. The predicted octanol–water partition coefficient (Wildman–Crippen LogP) is 6.15. The normalized spacial score (nSPS) is 39.3. The molecule has 3 aliphatic rings. The van der Waals surface area contributed by atoms with E-state index in [1.807, 2.05) is 13.8 Å². The Labute approximate surface area is 194 Å². The van der Waals surface area contributed by atoms with Gasteiger partial charge in [-0.2, -0.15) is 0 Å². The van der Waals surface area contributed by atoms with Crippen LogP contribution in [-0.2, 0) is 0 Å². The molecular weight excluding hydrogens is 404 g/mol. The Morgan fingerprint density at radius 1 is 1.26 bits per heavy atom. The summed E-state index contributed by atoms with van der Waals surface area (Å²) < 4.78 is 0. The topological polar surface area (TPSA) is 60.7 Å². The summed E-state index contributed by atoms with van der Waals surface area (Å²) in [4.78, 5) is -0.966. The lowest BCUT2D eigenvalue weighted by Crippen LogP contribution is -2.37. The van der Waals surface area contributed by atoms with Gasteiger partial charge in [-0.15, -0.1) is 11.8 Å². The van der Waals surface area contributed by atoms with E-state index in [0.29, 0.717) is 30.6 Å². The molecule has 3 saturated carbocycles.